The van der Waals surface area contributed by atoms with Gasteiger partial charge in [0.15, 0.2) is 9.84 Å². The van der Waals surface area contributed by atoms with Crippen LogP contribution in [-0.4, -0.2) is 66.9 Å². The first-order valence-electron chi connectivity index (χ1n) is 9.24. The number of rotatable bonds is 4. The average molecular weight is 381 g/mol. The molecule has 7 nitrogen and oxygen atoms in total. The Morgan fingerprint density at radius 2 is 1.85 bits per heavy atom. The van der Waals surface area contributed by atoms with Crippen molar-refractivity contribution in [2.45, 2.75) is 45.6 Å². The second-order valence-corrected chi connectivity index (χ2v) is 9.98. The monoisotopic (exact) mass is 380 g/mol. The standard InChI is InChI=1S/C18H28N4O3S/c1-12(2)17-19-13(3)9-16(20-17)22-7-5-15(6-8-22)21(4)18(23)14-10-26(24,25)11-14/h9,12,14-15H,5-8,10-11H2,1-4H3. The van der Waals surface area contributed by atoms with Crippen molar-refractivity contribution in [1.29, 1.82) is 0 Å². The number of sulfone groups is 1. The number of hydrogen-bond acceptors (Lipinski definition) is 6. The maximum atomic E-state index is 12.5. The molecule has 0 aliphatic carbocycles. The Labute approximate surface area is 155 Å². The van der Waals surface area contributed by atoms with Crippen LogP contribution >= 0.6 is 0 Å². The summed E-state index contributed by atoms with van der Waals surface area (Å²) in [6, 6.07) is 2.18. The number of carbonyl (C=O) groups excluding carboxylic acids is 1. The normalized spacial score (nSPS) is 20.9. The molecule has 3 heterocycles. The first-order valence-corrected chi connectivity index (χ1v) is 11.1. The lowest BCUT2D eigenvalue weighted by atomic mass is 10.0. The highest BCUT2D eigenvalue weighted by atomic mass is 32.2. The second-order valence-electron chi connectivity index (χ2n) is 7.82. The Morgan fingerprint density at radius 1 is 1.23 bits per heavy atom. The van der Waals surface area contributed by atoms with Crippen LogP contribution in [0, 0.1) is 12.8 Å². The van der Waals surface area contributed by atoms with Crippen LogP contribution in [-0.2, 0) is 14.6 Å². The molecule has 1 aromatic rings. The van der Waals surface area contributed by atoms with Gasteiger partial charge in [-0.1, -0.05) is 13.8 Å². The number of amides is 1. The van der Waals surface area contributed by atoms with Crippen LogP contribution in [0.4, 0.5) is 5.82 Å². The van der Waals surface area contributed by atoms with E-state index in [0.29, 0.717) is 0 Å². The van der Waals surface area contributed by atoms with Crippen LogP contribution in [0.2, 0.25) is 0 Å². The molecule has 0 bridgehead atoms. The van der Waals surface area contributed by atoms with E-state index >= 15 is 0 Å². The van der Waals surface area contributed by atoms with Gasteiger partial charge in [-0.25, -0.2) is 18.4 Å². The van der Waals surface area contributed by atoms with Crippen molar-refractivity contribution < 1.29 is 13.2 Å². The molecule has 0 atom stereocenters. The smallest absolute Gasteiger partial charge is 0.227 e. The number of aryl methyl sites for hydroxylation is 1. The number of carbonyl (C=O) groups is 1. The van der Waals surface area contributed by atoms with Crippen molar-refractivity contribution in [3.05, 3.63) is 17.6 Å². The van der Waals surface area contributed by atoms with Crippen molar-refractivity contribution in [2.75, 3.05) is 36.5 Å². The van der Waals surface area contributed by atoms with Crippen LogP contribution in [0.15, 0.2) is 6.07 Å². The lowest BCUT2D eigenvalue weighted by Crippen LogP contribution is -2.52. The van der Waals surface area contributed by atoms with Gasteiger partial charge < -0.3 is 9.80 Å². The van der Waals surface area contributed by atoms with Crippen LogP contribution in [0.3, 0.4) is 0 Å². The Bertz CT molecular complexity index is 774. The van der Waals surface area contributed by atoms with E-state index in [0.717, 1.165) is 43.3 Å². The molecule has 0 radical (unpaired) electrons. The van der Waals surface area contributed by atoms with Crippen LogP contribution < -0.4 is 4.90 Å². The Hall–Kier alpha value is -1.70. The zero-order valence-electron chi connectivity index (χ0n) is 16.0. The van der Waals surface area contributed by atoms with Gasteiger partial charge in [0.25, 0.3) is 0 Å². The molecular formula is C18H28N4O3S. The van der Waals surface area contributed by atoms with Gasteiger partial charge in [0.05, 0.1) is 17.4 Å². The molecule has 1 amide bonds. The molecule has 26 heavy (non-hydrogen) atoms. The molecule has 0 unspecified atom stereocenters. The number of hydrogen-bond donors (Lipinski definition) is 0. The fourth-order valence-corrected chi connectivity index (χ4v) is 5.07. The zero-order valence-corrected chi connectivity index (χ0v) is 16.8. The molecular weight excluding hydrogens is 352 g/mol. The minimum atomic E-state index is -2.97. The van der Waals surface area contributed by atoms with E-state index in [9.17, 15) is 13.2 Å². The molecule has 1 aromatic heterocycles. The highest BCUT2D eigenvalue weighted by molar-refractivity contribution is 7.92. The highest BCUT2D eigenvalue weighted by Gasteiger charge is 2.41. The van der Waals surface area contributed by atoms with Gasteiger partial charge in [-0.05, 0) is 19.8 Å². The molecule has 2 saturated heterocycles. The van der Waals surface area contributed by atoms with Gasteiger partial charge in [0.2, 0.25) is 5.91 Å². The van der Waals surface area contributed by atoms with E-state index in [2.05, 4.69) is 23.7 Å². The molecule has 144 valence electrons. The van der Waals surface area contributed by atoms with E-state index in [1.807, 2.05) is 13.0 Å². The Morgan fingerprint density at radius 3 is 2.38 bits per heavy atom. The molecule has 2 aliphatic heterocycles. The summed E-state index contributed by atoms with van der Waals surface area (Å²) in [4.78, 5) is 25.7. The first kappa shape index (κ1) is 19.1. The van der Waals surface area contributed by atoms with Gasteiger partial charge in [-0.2, -0.15) is 0 Å². The third kappa shape index (κ3) is 4.00. The number of aromatic nitrogens is 2. The van der Waals surface area contributed by atoms with E-state index in [-0.39, 0.29) is 35.3 Å². The molecule has 2 aliphatic rings. The van der Waals surface area contributed by atoms with Gasteiger partial charge in [-0.15, -0.1) is 0 Å². The molecule has 0 aromatic carbocycles. The van der Waals surface area contributed by atoms with Gasteiger partial charge in [-0.3, -0.25) is 4.79 Å². The van der Waals surface area contributed by atoms with Crippen molar-refractivity contribution in [1.82, 2.24) is 14.9 Å². The Balaban J connectivity index is 1.60. The quantitative estimate of drug-likeness (QED) is 0.785. The molecule has 0 N–H and O–H groups in total. The van der Waals surface area contributed by atoms with E-state index < -0.39 is 9.84 Å². The first-order chi connectivity index (χ1) is 12.2. The number of piperidine rings is 1. The van der Waals surface area contributed by atoms with Crippen LogP contribution in [0.5, 0.6) is 0 Å². The van der Waals surface area contributed by atoms with Crippen LogP contribution in [0.25, 0.3) is 0 Å². The topological polar surface area (TPSA) is 83.5 Å². The number of nitrogens with zero attached hydrogens (tertiary/aromatic N) is 4. The lowest BCUT2D eigenvalue weighted by Gasteiger charge is -2.39. The minimum Gasteiger partial charge on any atom is -0.356 e. The fraction of sp³-hybridized carbons (Fsp3) is 0.722. The average Bonchev–Trinajstić information content (AvgIpc) is 2.58. The summed E-state index contributed by atoms with van der Waals surface area (Å²) in [6.07, 6.45) is 1.73. The van der Waals surface area contributed by atoms with Crippen molar-refractivity contribution in [3.8, 4) is 0 Å². The Kier molecular flexibility index (Phi) is 5.23. The molecule has 8 heteroatoms. The molecule has 0 saturated carbocycles. The van der Waals surface area contributed by atoms with Gasteiger partial charge in [0.1, 0.15) is 11.6 Å². The number of anilines is 1. The predicted octanol–water partition coefficient (Wildman–Crippen LogP) is 1.38. The van der Waals surface area contributed by atoms with E-state index in [1.54, 1.807) is 11.9 Å². The van der Waals surface area contributed by atoms with Crippen molar-refractivity contribution >= 4 is 21.6 Å². The lowest BCUT2D eigenvalue weighted by molar-refractivity contribution is -0.135. The van der Waals surface area contributed by atoms with Crippen molar-refractivity contribution in [2.24, 2.45) is 5.92 Å². The summed E-state index contributed by atoms with van der Waals surface area (Å²) in [5, 5.41) is 0. The summed E-state index contributed by atoms with van der Waals surface area (Å²) in [7, 11) is -1.17. The minimum absolute atomic E-state index is 0.00715. The van der Waals surface area contributed by atoms with Crippen LogP contribution in [0.1, 0.15) is 44.1 Å². The summed E-state index contributed by atoms with van der Waals surface area (Å²) in [6.45, 7) is 7.83. The largest absolute Gasteiger partial charge is 0.356 e. The molecule has 3 rings (SSSR count). The third-order valence-electron chi connectivity index (χ3n) is 5.32. The summed E-state index contributed by atoms with van der Waals surface area (Å²) in [5.41, 5.74) is 0.972. The molecule has 0 spiro atoms. The fourth-order valence-electron chi connectivity index (χ4n) is 3.65. The van der Waals surface area contributed by atoms with Gasteiger partial charge >= 0.3 is 0 Å². The summed E-state index contributed by atoms with van der Waals surface area (Å²) < 4.78 is 22.6. The maximum Gasteiger partial charge on any atom is 0.227 e. The summed E-state index contributed by atoms with van der Waals surface area (Å²) >= 11 is 0. The second kappa shape index (κ2) is 7.13. The predicted molar refractivity (Wildman–Crippen MR) is 101 cm³/mol. The molecule has 2 fully saturated rings. The highest BCUT2D eigenvalue weighted by Crippen LogP contribution is 2.26. The van der Waals surface area contributed by atoms with Gasteiger partial charge in [0, 0.05) is 43.9 Å². The van der Waals surface area contributed by atoms with Crippen molar-refractivity contribution in [3.63, 3.8) is 0 Å². The summed E-state index contributed by atoms with van der Waals surface area (Å²) in [5.74, 6) is 1.74. The van der Waals surface area contributed by atoms with E-state index in [4.69, 9.17) is 4.98 Å². The van der Waals surface area contributed by atoms with E-state index in [1.165, 1.54) is 0 Å². The maximum absolute atomic E-state index is 12.5. The SMILES string of the molecule is Cc1cc(N2CCC(N(C)C(=O)C3CS(=O)(=O)C3)CC2)nc(C(C)C)n1. The zero-order chi connectivity index (χ0) is 19.1. The third-order valence-corrected chi connectivity index (χ3v) is 7.14.